The van der Waals surface area contributed by atoms with Crippen molar-refractivity contribution in [1.82, 2.24) is 0 Å². The van der Waals surface area contributed by atoms with Crippen LogP contribution >= 0.6 is 0 Å². The number of carbonyl (C=O) groups excluding carboxylic acids is 1. The van der Waals surface area contributed by atoms with Crippen molar-refractivity contribution in [2.24, 2.45) is 5.73 Å². The first-order chi connectivity index (χ1) is 5.07. The van der Waals surface area contributed by atoms with Gasteiger partial charge in [0.1, 0.15) is 5.84 Å². The Hall–Kier alpha value is -1.38. The lowest BCUT2D eigenvalue weighted by Gasteiger charge is -1.94. The molecule has 0 aliphatic heterocycles. The van der Waals surface area contributed by atoms with E-state index in [9.17, 15) is 4.79 Å². The highest BCUT2D eigenvalue weighted by Crippen LogP contribution is 1.94. The lowest BCUT2D eigenvalue weighted by Crippen LogP contribution is -2.11. The maximum Gasteiger partial charge on any atom is 0.152 e. The van der Waals surface area contributed by atoms with Gasteiger partial charge in [-0.2, -0.15) is 0 Å². The minimum absolute atomic E-state index is 0.0231. The lowest BCUT2D eigenvalue weighted by molar-refractivity contribution is -0.112. The number of nitrogens with one attached hydrogen (secondary N) is 1. The zero-order chi connectivity index (χ0) is 8.85. The van der Waals surface area contributed by atoms with Crippen LogP contribution in [0.1, 0.15) is 13.8 Å². The van der Waals surface area contributed by atoms with Crippen LogP contribution in [-0.2, 0) is 4.79 Å². The van der Waals surface area contributed by atoms with E-state index in [0.29, 0.717) is 5.57 Å². The third kappa shape index (κ3) is 4.08. The van der Waals surface area contributed by atoms with E-state index >= 15 is 0 Å². The summed E-state index contributed by atoms with van der Waals surface area (Å²) >= 11 is 0. The van der Waals surface area contributed by atoms with Crippen molar-refractivity contribution in [2.45, 2.75) is 13.8 Å². The molecule has 3 heteroatoms. The monoisotopic (exact) mass is 152 g/mol. The minimum Gasteiger partial charge on any atom is -0.384 e. The first kappa shape index (κ1) is 9.62. The fourth-order valence-electron chi connectivity index (χ4n) is 0.549. The Morgan fingerprint density at radius 1 is 1.45 bits per heavy atom. The summed E-state index contributed by atoms with van der Waals surface area (Å²) in [5, 5.41) is 7.04. The molecule has 3 N–H and O–H groups in total. The van der Waals surface area contributed by atoms with Gasteiger partial charge in [-0.3, -0.25) is 10.2 Å². The number of ketones is 1. The van der Waals surface area contributed by atoms with Gasteiger partial charge in [-0.05, 0) is 26.0 Å². The second-order valence-corrected chi connectivity index (χ2v) is 2.10. The fraction of sp³-hybridized carbons (Fsp3) is 0.250. The number of hydrogen-bond donors (Lipinski definition) is 2. The standard InChI is InChI=1S/C8H12N2O/c1-3-7(8(9)10)5-4-6(2)11/h3-5H,1-2H3,(H3,9,10)/b5-4-,7-3+. The Labute approximate surface area is 66.1 Å². The Balaban J connectivity index is 4.34. The van der Waals surface area contributed by atoms with Crippen LogP contribution in [0.15, 0.2) is 23.8 Å². The molecular weight excluding hydrogens is 140 g/mol. The molecule has 0 aromatic carbocycles. The smallest absolute Gasteiger partial charge is 0.152 e. The summed E-state index contributed by atoms with van der Waals surface area (Å²) in [7, 11) is 0. The van der Waals surface area contributed by atoms with Crippen LogP contribution in [0.25, 0.3) is 0 Å². The summed E-state index contributed by atoms with van der Waals surface area (Å²) in [5.41, 5.74) is 5.76. The molecule has 0 bridgehead atoms. The van der Waals surface area contributed by atoms with Gasteiger partial charge >= 0.3 is 0 Å². The second kappa shape index (κ2) is 4.44. The highest BCUT2D eigenvalue weighted by molar-refractivity contribution is 5.99. The number of carbonyl (C=O) groups is 1. The summed E-state index contributed by atoms with van der Waals surface area (Å²) in [6.45, 7) is 3.21. The SMILES string of the molecule is C/C=C(\C=C/C(C)=O)C(=N)N. The molecule has 0 rings (SSSR count). The predicted molar refractivity (Wildman–Crippen MR) is 45.5 cm³/mol. The normalized spacial score (nSPS) is 12.0. The van der Waals surface area contributed by atoms with Gasteiger partial charge in [-0.1, -0.05) is 6.08 Å². The topological polar surface area (TPSA) is 66.9 Å². The Kier molecular flexibility index (Phi) is 3.88. The van der Waals surface area contributed by atoms with E-state index < -0.39 is 0 Å². The molecule has 0 fully saturated rings. The molecule has 0 amide bonds. The zero-order valence-corrected chi connectivity index (χ0v) is 6.72. The molecule has 0 aliphatic carbocycles. The van der Waals surface area contributed by atoms with Crippen molar-refractivity contribution in [3.8, 4) is 0 Å². The largest absolute Gasteiger partial charge is 0.384 e. The van der Waals surface area contributed by atoms with Crippen molar-refractivity contribution >= 4 is 11.6 Å². The summed E-state index contributed by atoms with van der Waals surface area (Å²) in [4.78, 5) is 10.5. The van der Waals surface area contributed by atoms with Crippen molar-refractivity contribution in [3.63, 3.8) is 0 Å². The Morgan fingerprint density at radius 2 is 2.00 bits per heavy atom. The van der Waals surface area contributed by atoms with E-state index in [1.165, 1.54) is 19.1 Å². The number of nitrogens with two attached hydrogens (primary N) is 1. The summed E-state index contributed by atoms with van der Waals surface area (Å²) in [6, 6.07) is 0. The first-order valence-corrected chi connectivity index (χ1v) is 3.27. The van der Waals surface area contributed by atoms with E-state index in [1.807, 2.05) is 0 Å². The molecule has 0 radical (unpaired) electrons. The number of allylic oxidation sites excluding steroid dienone is 2. The molecule has 0 saturated heterocycles. The average molecular weight is 152 g/mol. The first-order valence-electron chi connectivity index (χ1n) is 3.27. The van der Waals surface area contributed by atoms with E-state index in [1.54, 1.807) is 13.0 Å². The maximum absolute atomic E-state index is 10.5. The van der Waals surface area contributed by atoms with Crippen molar-refractivity contribution < 1.29 is 4.79 Å². The van der Waals surface area contributed by atoms with Gasteiger partial charge in [0.15, 0.2) is 5.78 Å². The van der Waals surface area contributed by atoms with Crippen LogP contribution in [0.2, 0.25) is 0 Å². The third-order valence-corrected chi connectivity index (χ3v) is 1.12. The molecule has 0 aromatic rings. The maximum atomic E-state index is 10.5. The molecule has 0 unspecified atom stereocenters. The lowest BCUT2D eigenvalue weighted by atomic mass is 10.2. The summed E-state index contributed by atoms with van der Waals surface area (Å²) < 4.78 is 0. The molecule has 0 heterocycles. The molecular formula is C8H12N2O. The molecule has 3 nitrogen and oxygen atoms in total. The average Bonchev–Trinajstić information content (AvgIpc) is 1.87. The second-order valence-electron chi connectivity index (χ2n) is 2.10. The van der Waals surface area contributed by atoms with Gasteiger partial charge < -0.3 is 5.73 Å². The van der Waals surface area contributed by atoms with Gasteiger partial charge in [0.05, 0.1) is 0 Å². The highest BCUT2D eigenvalue weighted by Gasteiger charge is 1.92. The third-order valence-electron chi connectivity index (χ3n) is 1.12. The highest BCUT2D eigenvalue weighted by atomic mass is 16.1. The summed E-state index contributed by atoms with van der Waals surface area (Å²) in [6.07, 6.45) is 4.60. The van der Waals surface area contributed by atoms with Crippen molar-refractivity contribution in [1.29, 1.82) is 5.41 Å². The fourth-order valence-corrected chi connectivity index (χ4v) is 0.549. The van der Waals surface area contributed by atoms with E-state index in [2.05, 4.69) is 0 Å². The van der Waals surface area contributed by atoms with Crippen molar-refractivity contribution in [3.05, 3.63) is 23.8 Å². The molecule has 0 saturated carbocycles. The predicted octanol–water partition coefficient (Wildman–Crippen LogP) is 1.01. The van der Waals surface area contributed by atoms with Gasteiger partial charge in [0.2, 0.25) is 0 Å². The number of hydrogen-bond acceptors (Lipinski definition) is 2. The van der Waals surface area contributed by atoms with Gasteiger partial charge in [-0.25, -0.2) is 0 Å². The van der Waals surface area contributed by atoms with Crippen LogP contribution in [0.5, 0.6) is 0 Å². The van der Waals surface area contributed by atoms with Crippen molar-refractivity contribution in [2.75, 3.05) is 0 Å². The van der Waals surface area contributed by atoms with Crippen LogP contribution in [0.3, 0.4) is 0 Å². The van der Waals surface area contributed by atoms with Crippen LogP contribution in [0.4, 0.5) is 0 Å². The Morgan fingerprint density at radius 3 is 2.27 bits per heavy atom. The van der Waals surface area contributed by atoms with E-state index in [4.69, 9.17) is 11.1 Å². The van der Waals surface area contributed by atoms with Crippen LogP contribution in [-0.4, -0.2) is 11.6 Å². The molecule has 60 valence electrons. The summed E-state index contributed by atoms with van der Waals surface area (Å²) in [5.74, 6) is -0.0735. The van der Waals surface area contributed by atoms with Gasteiger partial charge in [0.25, 0.3) is 0 Å². The van der Waals surface area contributed by atoms with Gasteiger partial charge in [0, 0.05) is 5.57 Å². The van der Waals surface area contributed by atoms with Crippen LogP contribution < -0.4 is 5.73 Å². The molecule has 0 aromatic heterocycles. The van der Waals surface area contributed by atoms with Gasteiger partial charge in [-0.15, -0.1) is 0 Å². The molecule has 0 atom stereocenters. The van der Waals surface area contributed by atoms with Crippen LogP contribution in [0, 0.1) is 5.41 Å². The van der Waals surface area contributed by atoms with E-state index in [0.717, 1.165) is 0 Å². The molecule has 0 spiro atoms. The minimum atomic E-state index is -0.0504. The number of amidine groups is 1. The molecule has 0 aliphatic rings. The quantitative estimate of drug-likeness (QED) is 0.274. The number of rotatable bonds is 3. The Bertz CT molecular complexity index is 226. The van der Waals surface area contributed by atoms with E-state index in [-0.39, 0.29) is 11.6 Å². The zero-order valence-electron chi connectivity index (χ0n) is 6.72. The molecule has 11 heavy (non-hydrogen) atoms.